The fourth-order valence-corrected chi connectivity index (χ4v) is 1.94. The molecular formula is C10H12N4. The molecule has 14 heavy (non-hydrogen) atoms. The van der Waals surface area contributed by atoms with Gasteiger partial charge in [-0.2, -0.15) is 0 Å². The van der Waals surface area contributed by atoms with E-state index < -0.39 is 0 Å². The van der Waals surface area contributed by atoms with Crippen LogP contribution in [0.3, 0.4) is 0 Å². The molecular weight excluding hydrogens is 176 g/mol. The number of nitrogens with one attached hydrogen (secondary N) is 2. The van der Waals surface area contributed by atoms with Crippen molar-refractivity contribution in [2.24, 2.45) is 4.99 Å². The highest BCUT2D eigenvalue weighted by Gasteiger charge is 2.27. The molecule has 0 spiro atoms. The van der Waals surface area contributed by atoms with Gasteiger partial charge >= 0.3 is 0 Å². The van der Waals surface area contributed by atoms with E-state index in [0.29, 0.717) is 6.04 Å². The van der Waals surface area contributed by atoms with Gasteiger partial charge in [-0.15, -0.1) is 0 Å². The van der Waals surface area contributed by atoms with Crippen LogP contribution in [0.4, 0.5) is 0 Å². The summed E-state index contributed by atoms with van der Waals surface area (Å²) in [6, 6.07) is 0.398. The summed E-state index contributed by atoms with van der Waals surface area (Å²) in [6.45, 7) is 0.840. The number of nitrogens with zero attached hydrogens (tertiary/aromatic N) is 2. The van der Waals surface area contributed by atoms with Crippen molar-refractivity contribution in [2.75, 3.05) is 6.67 Å². The Morgan fingerprint density at radius 2 is 2.50 bits per heavy atom. The van der Waals surface area contributed by atoms with Crippen molar-refractivity contribution in [1.29, 1.82) is 0 Å². The molecule has 1 atom stereocenters. The van der Waals surface area contributed by atoms with Gasteiger partial charge in [-0.1, -0.05) is 6.08 Å². The molecule has 0 saturated heterocycles. The summed E-state index contributed by atoms with van der Waals surface area (Å²) in [5.74, 6) is 1.04. The third kappa shape index (κ3) is 1.08. The van der Waals surface area contributed by atoms with Crippen molar-refractivity contribution in [3.63, 3.8) is 0 Å². The van der Waals surface area contributed by atoms with Gasteiger partial charge in [0.2, 0.25) is 0 Å². The minimum Gasteiger partial charge on any atom is -0.361 e. The maximum atomic E-state index is 4.39. The molecule has 3 heterocycles. The fraction of sp³-hybridized carbons (Fsp3) is 0.300. The molecule has 0 bridgehead atoms. The number of hydrogen-bond acceptors (Lipinski definition) is 4. The average molecular weight is 188 g/mol. The molecule has 0 fully saturated rings. The third-order valence-corrected chi connectivity index (χ3v) is 2.65. The van der Waals surface area contributed by atoms with Crippen LogP contribution >= 0.6 is 0 Å². The third-order valence-electron chi connectivity index (χ3n) is 2.65. The highest BCUT2D eigenvalue weighted by Crippen LogP contribution is 2.23. The van der Waals surface area contributed by atoms with Crippen molar-refractivity contribution in [3.05, 3.63) is 36.1 Å². The zero-order chi connectivity index (χ0) is 9.38. The van der Waals surface area contributed by atoms with Gasteiger partial charge in [-0.05, 0) is 18.7 Å². The van der Waals surface area contributed by atoms with E-state index in [9.17, 15) is 0 Å². The number of fused-ring (bicyclic) bond motifs is 2. The van der Waals surface area contributed by atoms with Gasteiger partial charge in [0, 0.05) is 12.4 Å². The summed E-state index contributed by atoms with van der Waals surface area (Å²) >= 11 is 0. The smallest absolute Gasteiger partial charge is 0.154 e. The summed E-state index contributed by atoms with van der Waals surface area (Å²) in [5.41, 5.74) is 1.18. The van der Waals surface area contributed by atoms with Crippen molar-refractivity contribution in [2.45, 2.75) is 12.5 Å². The lowest BCUT2D eigenvalue weighted by atomic mass is 10.1. The van der Waals surface area contributed by atoms with Gasteiger partial charge in [0.25, 0.3) is 0 Å². The molecule has 4 nitrogen and oxygen atoms in total. The standard InChI is InChI=1S/C10H12N4/c1-3-8-9(11-4-1)10-12-5-2-6-14(10)7-13-8/h1-2,4-6,8,11,13H,3,7H2. The summed E-state index contributed by atoms with van der Waals surface area (Å²) in [5, 5.41) is 6.72. The molecule has 0 aromatic rings. The van der Waals surface area contributed by atoms with Crippen molar-refractivity contribution in [1.82, 2.24) is 15.5 Å². The van der Waals surface area contributed by atoms with E-state index in [2.05, 4.69) is 26.6 Å². The van der Waals surface area contributed by atoms with E-state index in [4.69, 9.17) is 0 Å². The SMILES string of the molecule is C1=CN2CNC3CC=CNC3=C2N=C1. The Morgan fingerprint density at radius 3 is 3.50 bits per heavy atom. The van der Waals surface area contributed by atoms with Crippen LogP contribution in [0.15, 0.2) is 41.1 Å². The largest absolute Gasteiger partial charge is 0.361 e. The molecule has 0 amide bonds. The zero-order valence-electron chi connectivity index (χ0n) is 7.77. The maximum absolute atomic E-state index is 4.39. The average Bonchev–Trinajstić information content (AvgIpc) is 2.29. The molecule has 2 N–H and O–H groups in total. The number of allylic oxidation sites excluding steroid dienone is 1. The van der Waals surface area contributed by atoms with Crippen LogP contribution in [0.2, 0.25) is 0 Å². The Morgan fingerprint density at radius 1 is 1.50 bits per heavy atom. The number of rotatable bonds is 0. The minimum atomic E-state index is 0.398. The first kappa shape index (κ1) is 7.82. The number of aliphatic imine (C=N–C) groups is 1. The van der Waals surface area contributed by atoms with E-state index in [-0.39, 0.29) is 0 Å². The molecule has 0 radical (unpaired) electrons. The molecule has 72 valence electrons. The highest BCUT2D eigenvalue weighted by atomic mass is 15.3. The summed E-state index contributed by atoms with van der Waals surface area (Å²) < 4.78 is 0. The lowest BCUT2D eigenvalue weighted by molar-refractivity contribution is 0.333. The molecule has 0 aromatic carbocycles. The van der Waals surface area contributed by atoms with Crippen LogP contribution in [0, 0.1) is 0 Å². The van der Waals surface area contributed by atoms with Gasteiger partial charge in [0.05, 0.1) is 18.4 Å². The lowest BCUT2D eigenvalue weighted by Crippen LogP contribution is -2.48. The van der Waals surface area contributed by atoms with Crippen LogP contribution in [0.25, 0.3) is 0 Å². The van der Waals surface area contributed by atoms with E-state index in [0.717, 1.165) is 18.9 Å². The molecule has 0 saturated carbocycles. The quantitative estimate of drug-likeness (QED) is 0.581. The zero-order valence-corrected chi connectivity index (χ0v) is 7.77. The van der Waals surface area contributed by atoms with Crippen LogP contribution in [0.1, 0.15) is 6.42 Å². The molecule has 3 rings (SSSR count). The molecule has 1 unspecified atom stereocenters. The molecule has 3 aliphatic heterocycles. The van der Waals surface area contributed by atoms with Crippen LogP contribution in [-0.2, 0) is 0 Å². The Labute approximate surface area is 82.7 Å². The Kier molecular flexibility index (Phi) is 1.67. The highest BCUT2D eigenvalue weighted by molar-refractivity contribution is 5.73. The van der Waals surface area contributed by atoms with Gasteiger partial charge < -0.3 is 10.2 Å². The minimum absolute atomic E-state index is 0.398. The van der Waals surface area contributed by atoms with Gasteiger partial charge in [-0.25, -0.2) is 4.99 Å². The Bertz CT molecular complexity index is 364. The molecule has 0 aromatic heterocycles. The fourth-order valence-electron chi connectivity index (χ4n) is 1.94. The molecule has 4 heteroatoms. The monoisotopic (exact) mass is 188 g/mol. The second-order valence-electron chi connectivity index (χ2n) is 3.52. The number of hydrogen-bond donors (Lipinski definition) is 2. The molecule has 3 aliphatic rings. The van der Waals surface area contributed by atoms with Crippen molar-refractivity contribution < 1.29 is 0 Å². The molecule has 0 aliphatic carbocycles. The van der Waals surface area contributed by atoms with Gasteiger partial charge in [0.15, 0.2) is 5.82 Å². The van der Waals surface area contributed by atoms with E-state index in [1.807, 2.05) is 24.7 Å². The Balaban J connectivity index is 2.04. The van der Waals surface area contributed by atoms with Gasteiger partial charge in [0.1, 0.15) is 0 Å². The summed E-state index contributed by atoms with van der Waals surface area (Å²) in [6.07, 6.45) is 11.0. The predicted molar refractivity (Wildman–Crippen MR) is 55.2 cm³/mol. The summed E-state index contributed by atoms with van der Waals surface area (Å²) in [4.78, 5) is 6.50. The van der Waals surface area contributed by atoms with Crippen LogP contribution in [0.5, 0.6) is 0 Å². The first-order valence-corrected chi connectivity index (χ1v) is 4.82. The van der Waals surface area contributed by atoms with Crippen molar-refractivity contribution >= 4 is 6.21 Å². The second kappa shape index (κ2) is 2.99. The maximum Gasteiger partial charge on any atom is 0.154 e. The second-order valence-corrected chi connectivity index (χ2v) is 3.52. The van der Waals surface area contributed by atoms with Crippen molar-refractivity contribution in [3.8, 4) is 0 Å². The van der Waals surface area contributed by atoms with E-state index in [1.54, 1.807) is 0 Å². The van der Waals surface area contributed by atoms with E-state index >= 15 is 0 Å². The first-order valence-electron chi connectivity index (χ1n) is 4.82. The normalized spacial score (nSPS) is 28.6. The van der Waals surface area contributed by atoms with Crippen LogP contribution in [-0.4, -0.2) is 23.8 Å². The van der Waals surface area contributed by atoms with E-state index in [1.165, 1.54) is 5.70 Å². The van der Waals surface area contributed by atoms with Gasteiger partial charge in [-0.3, -0.25) is 5.32 Å². The predicted octanol–water partition coefficient (Wildman–Crippen LogP) is 0.492. The summed E-state index contributed by atoms with van der Waals surface area (Å²) in [7, 11) is 0. The van der Waals surface area contributed by atoms with Crippen LogP contribution < -0.4 is 10.6 Å². The lowest BCUT2D eigenvalue weighted by Gasteiger charge is -2.36. The topological polar surface area (TPSA) is 39.7 Å². The Hall–Kier alpha value is -1.55. The first-order chi connectivity index (χ1) is 6.95.